The molecule has 0 aliphatic carbocycles. The van der Waals surface area contributed by atoms with Gasteiger partial charge in [-0.2, -0.15) is 22.0 Å². The molecule has 0 aromatic heterocycles. The van der Waals surface area contributed by atoms with Gasteiger partial charge >= 0.3 is 18.0 Å². The van der Waals surface area contributed by atoms with Crippen molar-refractivity contribution < 1.29 is 26.7 Å². The molecule has 0 aliphatic heterocycles. The van der Waals surface area contributed by atoms with Crippen molar-refractivity contribution in [3.05, 3.63) is 34.3 Å². The van der Waals surface area contributed by atoms with Crippen LogP contribution in [0.1, 0.15) is 18.5 Å². The zero-order valence-electron chi connectivity index (χ0n) is 9.56. The standard InChI is InChI=1S/C11H9BrF5NO/c1-6(7-3-2-4-8(12)5-7)18-9(19)10(13,14)11(15,16)17/h2-6H,1H3,(H,18,19)/t6-/m0/s1. The smallest absolute Gasteiger partial charge is 0.344 e. The topological polar surface area (TPSA) is 29.1 Å². The predicted octanol–water partition coefficient (Wildman–Crippen LogP) is 3.82. The number of hydrogen-bond acceptors (Lipinski definition) is 1. The average molecular weight is 346 g/mol. The molecule has 0 saturated carbocycles. The fourth-order valence-electron chi connectivity index (χ4n) is 1.28. The Labute approximate surface area is 114 Å². The molecule has 0 fully saturated rings. The summed E-state index contributed by atoms with van der Waals surface area (Å²) in [5, 5.41) is 1.64. The minimum absolute atomic E-state index is 0.403. The van der Waals surface area contributed by atoms with Gasteiger partial charge in [0.15, 0.2) is 0 Å². The largest absolute Gasteiger partial charge is 0.463 e. The SMILES string of the molecule is C[C@H](NC(=O)C(F)(F)C(F)(F)F)c1cccc(Br)c1. The van der Waals surface area contributed by atoms with Crippen molar-refractivity contribution in [1.82, 2.24) is 5.32 Å². The van der Waals surface area contributed by atoms with Crippen LogP contribution >= 0.6 is 15.9 Å². The van der Waals surface area contributed by atoms with Crippen LogP contribution in [-0.2, 0) is 4.79 Å². The second-order valence-corrected chi connectivity index (χ2v) is 4.74. The highest BCUT2D eigenvalue weighted by Crippen LogP contribution is 2.36. The number of hydrogen-bond donors (Lipinski definition) is 1. The van der Waals surface area contributed by atoms with Gasteiger partial charge in [-0.25, -0.2) is 0 Å². The Kier molecular flexibility index (Phi) is 4.54. The summed E-state index contributed by atoms with van der Waals surface area (Å²) in [4.78, 5) is 11.0. The number of nitrogens with one attached hydrogen (secondary N) is 1. The van der Waals surface area contributed by atoms with E-state index in [2.05, 4.69) is 15.9 Å². The summed E-state index contributed by atoms with van der Waals surface area (Å²) in [7, 11) is 0. The van der Waals surface area contributed by atoms with Crippen molar-refractivity contribution in [3.63, 3.8) is 0 Å². The van der Waals surface area contributed by atoms with Crippen LogP contribution in [0.25, 0.3) is 0 Å². The maximum atomic E-state index is 12.7. The number of benzene rings is 1. The van der Waals surface area contributed by atoms with Gasteiger partial charge in [0.05, 0.1) is 6.04 Å². The summed E-state index contributed by atoms with van der Waals surface area (Å²) < 4.78 is 62.0. The van der Waals surface area contributed by atoms with E-state index in [1.807, 2.05) is 0 Å². The van der Waals surface area contributed by atoms with Crippen LogP contribution < -0.4 is 5.32 Å². The zero-order chi connectivity index (χ0) is 14.8. The molecule has 0 aliphatic rings. The van der Waals surface area contributed by atoms with Crippen LogP contribution in [0, 0.1) is 0 Å². The van der Waals surface area contributed by atoms with Crippen molar-refractivity contribution in [2.75, 3.05) is 0 Å². The normalized spacial score (nSPS) is 14.1. The number of carbonyl (C=O) groups is 1. The summed E-state index contributed by atoms with van der Waals surface area (Å²) >= 11 is 3.13. The van der Waals surface area contributed by atoms with E-state index >= 15 is 0 Å². The minimum atomic E-state index is -5.91. The lowest BCUT2D eigenvalue weighted by Gasteiger charge is -2.21. The van der Waals surface area contributed by atoms with E-state index in [1.54, 1.807) is 17.4 Å². The first-order valence-corrected chi connectivity index (χ1v) is 5.86. The number of amides is 1. The van der Waals surface area contributed by atoms with Gasteiger partial charge in [-0.15, -0.1) is 0 Å². The first-order chi connectivity index (χ1) is 8.55. The van der Waals surface area contributed by atoms with E-state index in [0.29, 0.717) is 10.0 Å². The minimum Gasteiger partial charge on any atom is -0.344 e. The molecule has 1 rings (SSSR count). The molecule has 8 heteroatoms. The molecule has 19 heavy (non-hydrogen) atoms. The molecular weight excluding hydrogens is 337 g/mol. The lowest BCUT2D eigenvalue weighted by Crippen LogP contribution is -2.50. The third-order valence-corrected chi connectivity index (χ3v) is 2.83. The van der Waals surface area contributed by atoms with Gasteiger partial charge in [-0.1, -0.05) is 28.1 Å². The molecule has 0 bridgehead atoms. The Morgan fingerprint density at radius 1 is 1.26 bits per heavy atom. The monoisotopic (exact) mass is 345 g/mol. The Morgan fingerprint density at radius 2 is 1.84 bits per heavy atom. The molecule has 0 spiro atoms. The molecule has 1 aromatic carbocycles. The maximum Gasteiger partial charge on any atom is 0.463 e. The summed E-state index contributed by atoms with van der Waals surface area (Å²) in [6, 6.07) is 5.27. The Balaban J connectivity index is 2.83. The molecule has 1 N–H and O–H groups in total. The highest BCUT2D eigenvalue weighted by atomic mass is 79.9. The van der Waals surface area contributed by atoms with Crippen molar-refractivity contribution >= 4 is 21.8 Å². The van der Waals surface area contributed by atoms with E-state index < -0.39 is 24.0 Å². The van der Waals surface area contributed by atoms with E-state index in [9.17, 15) is 26.7 Å². The molecule has 106 valence electrons. The van der Waals surface area contributed by atoms with E-state index in [-0.39, 0.29) is 0 Å². The van der Waals surface area contributed by atoms with Gasteiger partial charge < -0.3 is 5.32 Å². The Morgan fingerprint density at radius 3 is 2.32 bits per heavy atom. The zero-order valence-corrected chi connectivity index (χ0v) is 11.1. The van der Waals surface area contributed by atoms with Gasteiger partial charge in [0, 0.05) is 4.47 Å². The van der Waals surface area contributed by atoms with Crippen LogP contribution in [-0.4, -0.2) is 18.0 Å². The lowest BCUT2D eigenvalue weighted by atomic mass is 10.1. The van der Waals surface area contributed by atoms with E-state index in [4.69, 9.17) is 0 Å². The molecule has 1 amide bonds. The summed E-state index contributed by atoms with van der Waals surface area (Å²) in [6.07, 6.45) is -5.91. The van der Waals surface area contributed by atoms with Crippen LogP contribution in [0.15, 0.2) is 28.7 Å². The van der Waals surface area contributed by atoms with Crippen LogP contribution in [0.2, 0.25) is 0 Å². The molecule has 0 saturated heterocycles. The summed E-state index contributed by atoms with van der Waals surface area (Å²) in [5.74, 6) is -7.78. The summed E-state index contributed by atoms with van der Waals surface area (Å²) in [5.41, 5.74) is 0.403. The van der Waals surface area contributed by atoms with Crippen molar-refractivity contribution in [2.24, 2.45) is 0 Å². The third-order valence-electron chi connectivity index (χ3n) is 2.34. The molecule has 0 unspecified atom stereocenters. The van der Waals surface area contributed by atoms with E-state index in [1.165, 1.54) is 19.1 Å². The second-order valence-electron chi connectivity index (χ2n) is 3.82. The molecule has 1 atom stereocenters. The molecule has 0 heterocycles. The van der Waals surface area contributed by atoms with Crippen LogP contribution in [0.3, 0.4) is 0 Å². The molecule has 0 radical (unpaired) electrons. The number of carbonyl (C=O) groups excluding carboxylic acids is 1. The third kappa shape index (κ3) is 3.65. The van der Waals surface area contributed by atoms with Crippen LogP contribution in [0.5, 0.6) is 0 Å². The Hall–Kier alpha value is -1.18. The number of alkyl halides is 5. The quantitative estimate of drug-likeness (QED) is 0.829. The van der Waals surface area contributed by atoms with Crippen molar-refractivity contribution in [3.8, 4) is 0 Å². The Bertz CT molecular complexity index is 474. The van der Waals surface area contributed by atoms with Crippen LogP contribution in [0.4, 0.5) is 22.0 Å². The van der Waals surface area contributed by atoms with Gasteiger partial charge in [0.1, 0.15) is 0 Å². The molecule has 2 nitrogen and oxygen atoms in total. The first kappa shape index (κ1) is 15.9. The fourth-order valence-corrected chi connectivity index (χ4v) is 1.69. The van der Waals surface area contributed by atoms with Gasteiger partial charge in [0.2, 0.25) is 0 Å². The highest BCUT2D eigenvalue weighted by Gasteiger charge is 2.63. The van der Waals surface area contributed by atoms with Gasteiger partial charge in [-0.05, 0) is 24.6 Å². The van der Waals surface area contributed by atoms with Gasteiger partial charge in [-0.3, -0.25) is 4.79 Å². The average Bonchev–Trinajstić information content (AvgIpc) is 2.27. The first-order valence-electron chi connectivity index (χ1n) is 5.06. The number of halogens is 6. The molecule has 1 aromatic rings. The van der Waals surface area contributed by atoms with Crippen molar-refractivity contribution in [2.45, 2.75) is 25.1 Å². The fraction of sp³-hybridized carbons (Fsp3) is 0.364. The maximum absolute atomic E-state index is 12.7. The summed E-state index contributed by atoms with van der Waals surface area (Å²) in [6.45, 7) is 1.31. The molecular formula is C11H9BrF5NO. The van der Waals surface area contributed by atoms with Gasteiger partial charge in [0.25, 0.3) is 0 Å². The highest BCUT2D eigenvalue weighted by molar-refractivity contribution is 9.10. The predicted molar refractivity (Wildman–Crippen MR) is 61.7 cm³/mol. The van der Waals surface area contributed by atoms with Crippen molar-refractivity contribution in [1.29, 1.82) is 0 Å². The van der Waals surface area contributed by atoms with E-state index in [0.717, 1.165) is 0 Å². The lowest BCUT2D eigenvalue weighted by molar-refractivity contribution is -0.270. The number of rotatable bonds is 3. The second kappa shape index (κ2) is 5.44.